The zero-order chi connectivity index (χ0) is 42.3. The van der Waals surface area contributed by atoms with Crippen molar-refractivity contribution in [3.8, 4) is 0 Å². The quantitative estimate of drug-likeness (QED) is 0.216. The van der Waals surface area contributed by atoms with Crippen LogP contribution in [0.3, 0.4) is 0 Å². The Morgan fingerprint density at radius 3 is 2.11 bits per heavy atom. The summed E-state index contributed by atoms with van der Waals surface area (Å²) >= 11 is 0. The van der Waals surface area contributed by atoms with Gasteiger partial charge >= 0.3 is 5.97 Å². The molecule has 3 heterocycles. The first kappa shape index (κ1) is 48.1. The topological polar surface area (TPSA) is 180 Å². The van der Waals surface area contributed by atoms with Crippen LogP contribution in [0.4, 0.5) is 0 Å². The molecule has 0 saturated carbocycles. The highest BCUT2D eigenvalue weighted by molar-refractivity contribution is 5.91. The Bertz CT molecular complexity index is 1390. The number of Topliss-reactive ketones (excluding diaryl/α,β-unsaturated/α-hetero) is 2. The van der Waals surface area contributed by atoms with Gasteiger partial charge in [-0.2, -0.15) is 0 Å². The van der Waals surface area contributed by atoms with Crippen molar-refractivity contribution < 1.29 is 54.1 Å². The molecule has 0 radical (unpaired) electrons. The third-order valence-electron chi connectivity index (χ3n) is 13.4. The Balaban J connectivity index is 1.99. The minimum Gasteiger partial charge on any atom is -0.458 e. The van der Waals surface area contributed by atoms with Crippen molar-refractivity contribution in [1.82, 2.24) is 0 Å². The fourth-order valence-corrected chi connectivity index (χ4v) is 9.01. The summed E-state index contributed by atoms with van der Waals surface area (Å²) in [6.07, 6.45) is 9.62. The molecule has 56 heavy (non-hydrogen) atoms. The molecule has 2 fully saturated rings. The first-order valence-corrected chi connectivity index (χ1v) is 21.2. The Labute approximate surface area is 336 Å². The molecule has 0 aromatic rings. The number of ketones is 2. The van der Waals surface area contributed by atoms with Crippen molar-refractivity contribution in [2.24, 2.45) is 53.3 Å². The number of hydrogen-bond acceptors (Lipinski definition) is 11. The number of ether oxygens (including phenoxy) is 3. The molecule has 11 heteroatoms. The van der Waals surface area contributed by atoms with Gasteiger partial charge in [0, 0.05) is 48.0 Å². The second-order valence-electron chi connectivity index (χ2n) is 18.0. The fourth-order valence-electron chi connectivity index (χ4n) is 9.01. The molecule has 0 aromatic carbocycles. The molecule has 0 aliphatic carbocycles. The molecule has 3 aliphatic rings. The van der Waals surface area contributed by atoms with Crippen LogP contribution in [0.5, 0.6) is 0 Å². The van der Waals surface area contributed by atoms with Gasteiger partial charge in [0.2, 0.25) is 0 Å². The van der Waals surface area contributed by atoms with E-state index in [-0.39, 0.29) is 35.9 Å². The number of esters is 1. The van der Waals surface area contributed by atoms with E-state index in [0.29, 0.717) is 25.7 Å². The minimum absolute atomic E-state index is 0.168. The van der Waals surface area contributed by atoms with E-state index in [1.54, 1.807) is 20.8 Å². The number of fused-ring (bicyclic) bond motifs is 2. The van der Waals surface area contributed by atoms with E-state index in [0.717, 1.165) is 19.3 Å². The van der Waals surface area contributed by atoms with Crippen LogP contribution in [0.25, 0.3) is 0 Å². The number of aliphatic hydroxyl groups is 5. The maximum absolute atomic E-state index is 13.5. The molecule has 320 valence electrons. The van der Waals surface area contributed by atoms with Crippen molar-refractivity contribution >= 4 is 17.5 Å². The normalized spacial score (nSPS) is 46.8. The van der Waals surface area contributed by atoms with Crippen molar-refractivity contribution in [3.63, 3.8) is 0 Å². The largest absolute Gasteiger partial charge is 0.458 e. The molecule has 0 unspecified atom stereocenters. The summed E-state index contributed by atoms with van der Waals surface area (Å²) in [4.78, 5) is 40.5. The van der Waals surface area contributed by atoms with Crippen LogP contribution in [0.1, 0.15) is 121 Å². The summed E-state index contributed by atoms with van der Waals surface area (Å²) in [7, 11) is 0. The third kappa shape index (κ3) is 11.5. The number of aliphatic hydroxyl groups excluding tert-OH is 4. The van der Waals surface area contributed by atoms with E-state index in [9.17, 15) is 39.9 Å². The zero-order valence-electron chi connectivity index (χ0n) is 35.8. The summed E-state index contributed by atoms with van der Waals surface area (Å²) < 4.78 is 20.0. The monoisotopic (exact) mass is 791 g/mol. The molecular formula is C45H74O11. The van der Waals surface area contributed by atoms with Crippen LogP contribution in [0.15, 0.2) is 36.5 Å². The SMILES string of the molecule is CC[C@@H]1/C=C/C=C/C[C@H](C)[C@@H](O)[C@](C)(O)C(=O)[C@H](C)[C@H](O)[C@H](C)C(=O)[C@H](C)[C@@H](O)[C@H](C)/C=C/C(=O)O[C@H]2[C@@H](C)[C@@H](CC1)O[C@@]1(CC[C@@H](C)[C@@H](C[C@H](C)O)O1)[C@@H]2C. The molecule has 1 spiro atoms. The van der Waals surface area contributed by atoms with Crippen molar-refractivity contribution in [2.45, 2.75) is 175 Å². The first-order chi connectivity index (χ1) is 26.1. The molecule has 2 bridgehead atoms. The molecule has 2 saturated heterocycles. The van der Waals surface area contributed by atoms with E-state index in [2.05, 4.69) is 19.9 Å². The second-order valence-corrected chi connectivity index (χ2v) is 18.0. The smallest absolute Gasteiger partial charge is 0.330 e. The standard InChI is InChI=1S/C45H74O11/c1-12-34-17-15-13-14-16-27(4)42(51)44(11,53)43(52)32(9)40(50)31(8)39(49)30(7)38(48)26(3)18-21-37(47)54-41-29(6)35(20-19-34)55-45(33(41)10)23-22-25(2)36(56-45)24-28(5)46/h13-15,17-18,21,25-36,38,40-42,46,48,50-51,53H,12,16,19-20,22-24H2,1-11H3/b14-13+,17-15+,21-18+/t25-,26-,27+,28+,29+,30-,31-,32-,33-,34-,35-,36-,38+,40-,41+,42-,44+,45-/m1/s1. The van der Waals surface area contributed by atoms with E-state index in [1.807, 2.05) is 32.1 Å². The van der Waals surface area contributed by atoms with Crippen LogP contribution in [-0.4, -0.2) is 97.2 Å². The van der Waals surface area contributed by atoms with Crippen molar-refractivity contribution in [2.75, 3.05) is 0 Å². The Morgan fingerprint density at radius 1 is 0.839 bits per heavy atom. The van der Waals surface area contributed by atoms with Crippen LogP contribution >= 0.6 is 0 Å². The number of carbonyl (C=O) groups excluding carboxylic acids is 3. The number of hydrogen-bond donors (Lipinski definition) is 5. The van der Waals surface area contributed by atoms with E-state index < -0.39 is 89.0 Å². The van der Waals surface area contributed by atoms with Gasteiger partial charge in [-0.15, -0.1) is 0 Å². The average Bonchev–Trinajstić information content (AvgIpc) is 3.16. The Morgan fingerprint density at radius 2 is 1.48 bits per heavy atom. The maximum atomic E-state index is 13.5. The molecule has 3 rings (SSSR count). The van der Waals surface area contributed by atoms with Crippen molar-refractivity contribution in [1.29, 1.82) is 0 Å². The summed E-state index contributed by atoms with van der Waals surface area (Å²) in [5.41, 5.74) is -2.18. The number of allylic oxidation sites excluding steroid dienone is 4. The summed E-state index contributed by atoms with van der Waals surface area (Å²) in [6.45, 7) is 19.1. The number of carbonyl (C=O) groups is 3. The van der Waals surface area contributed by atoms with Gasteiger partial charge in [0.05, 0.1) is 36.6 Å². The van der Waals surface area contributed by atoms with Gasteiger partial charge < -0.3 is 39.7 Å². The van der Waals surface area contributed by atoms with E-state index in [1.165, 1.54) is 39.8 Å². The number of rotatable bonds is 3. The van der Waals surface area contributed by atoms with Crippen LogP contribution in [0.2, 0.25) is 0 Å². The predicted octanol–water partition coefficient (Wildman–Crippen LogP) is 5.88. The Kier molecular flexibility index (Phi) is 17.7. The lowest BCUT2D eigenvalue weighted by Gasteiger charge is -2.55. The Hall–Kier alpha value is -2.25. The van der Waals surface area contributed by atoms with Gasteiger partial charge in [-0.25, -0.2) is 4.79 Å². The summed E-state index contributed by atoms with van der Waals surface area (Å²) in [6, 6.07) is 0. The van der Waals surface area contributed by atoms with Gasteiger partial charge in [0.15, 0.2) is 11.6 Å². The summed E-state index contributed by atoms with van der Waals surface area (Å²) in [5.74, 6) is -7.28. The highest BCUT2D eigenvalue weighted by atomic mass is 16.7. The van der Waals surface area contributed by atoms with Crippen LogP contribution in [0, 0.1) is 53.3 Å². The highest BCUT2D eigenvalue weighted by Gasteiger charge is 2.56. The molecule has 18 atom stereocenters. The fraction of sp³-hybridized carbons (Fsp3) is 0.800. The lowest BCUT2D eigenvalue weighted by Crippen LogP contribution is -2.62. The van der Waals surface area contributed by atoms with Crippen molar-refractivity contribution in [3.05, 3.63) is 36.5 Å². The van der Waals surface area contributed by atoms with Gasteiger partial charge in [0.1, 0.15) is 17.5 Å². The second kappa shape index (κ2) is 20.6. The van der Waals surface area contributed by atoms with Gasteiger partial charge in [-0.3, -0.25) is 9.59 Å². The van der Waals surface area contributed by atoms with Gasteiger partial charge in [0.25, 0.3) is 0 Å². The zero-order valence-corrected chi connectivity index (χ0v) is 35.8. The first-order valence-electron chi connectivity index (χ1n) is 21.2. The molecule has 5 N–H and O–H groups in total. The molecule has 0 aromatic heterocycles. The predicted molar refractivity (Wildman–Crippen MR) is 215 cm³/mol. The van der Waals surface area contributed by atoms with E-state index >= 15 is 0 Å². The highest BCUT2D eigenvalue weighted by Crippen LogP contribution is 2.49. The lowest BCUT2D eigenvalue weighted by atomic mass is 9.74. The van der Waals surface area contributed by atoms with Gasteiger partial charge in [-0.05, 0) is 70.1 Å². The minimum atomic E-state index is -2.18. The van der Waals surface area contributed by atoms with E-state index in [4.69, 9.17) is 14.2 Å². The lowest BCUT2D eigenvalue weighted by molar-refractivity contribution is -0.371. The molecular weight excluding hydrogens is 716 g/mol. The molecule has 11 nitrogen and oxygen atoms in total. The molecule has 0 amide bonds. The third-order valence-corrected chi connectivity index (χ3v) is 13.4. The van der Waals surface area contributed by atoms with Crippen LogP contribution < -0.4 is 0 Å². The summed E-state index contributed by atoms with van der Waals surface area (Å²) in [5, 5.41) is 55.0. The van der Waals surface area contributed by atoms with Crippen LogP contribution in [-0.2, 0) is 28.6 Å². The molecule has 3 aliphatic heterocycles. The average molecular weight is 791 g/mol. The maximum Gasteiger partial charge on any atom is 0.330 e. The van der Waals surface area contributed by atoms with Gasteiger partial charge in [-0.1, -0.05) is 92.7 Å².